The molecule has 0 aliphatic heterocycles. The molecule has 0 aliphatic carbocycles. The van der Waals surface area contributed by atoms with Gasteiger partial charge < -0.3 is 20.1 Å². The van der Waals surface area contributed by atoms with E-state index in [1.807, 2.05) is 0 Å². The van der Waals surface area contributed by atoms with Crippen molar-refractivity contribution in [1.82, 2.24) is 9.97 Å². The van der Waals surface area contributed by atoms with E-state index in [2.05, 4.69) is 28.7 Å². The summed E-state index contributed by atoms with van der Waals surface area (Å²) in [4.78, 5) is 9.15. The molecule has 0 fully saturated rings. The maximum atomic E-state index is 9.56. The van der Waals surface area contributed by atoms with Gasteiger partial charge in [-0.3, -0.25) is 0 Å². The Morgan fingerprint density at radius 1 is 1.28 bits per heavy atom. The first kappa shape index (κ1) is 12.3. The Bertz CT molecular complexity index is 509. The lowest BCUT2D eigenvalue weighted by Crippen LogP contribution is -2.30. The van der Waals surface area contributed by atoms with Crippen LogP contribution in [0.2, 0.25) is 0 Å². The number of rotatable bonds is 4. The van der Waals surface area contributed by atoms with E-state index in [9.17, 15) is 10.2 Å². The molecule has 0 saturated carbocycles. The molecule has 96 valence electrons. The van der Waals surface area contributed by atoms with Crippen LogP contribution in [0, 0.1) is 0 Å². The van der Waals surface area contributed by atoms with Gasteiger partial charge in [-0.15, -0.1) is 0 Å². The molecule has 0 unspecified atom stereocenters. The molecule has 0 radical (unpaired) electrons. The van der Waals surface area contributed by atoms with Gasteiger partial charge in [-0.25, -0.2) is 4.98 Å². The molecule has 0 spiro atoms. The highest BCUT2D eigenvalue weighted by Crippen LogP contribution is 2.30. The summed E-state index contributed by atoms with van der Waals surface area (Å²) in [7, 11) is 0. The molecule has 2 rings (SSSR count). The fourth-order valence-corrected chi connectivity index (χ4v) is 1.82. The minimum atomic E-state index is -0.109. The third-order valence-electron chi connectivity index (χ3n) is 2.81. The zero-order chi connectivity index (χ0) is 13.1. The number of anilines is 1. The van der Waals surface area contributed by atoms with Crippen molar-refractivity contribution in [2.45, 2.75) is 26.4 Å². The molecule has 0 bridgehead atoms. The predicted octanol–water partition coefficient (Wildman–Crippen LogP) is 2.24. The third kappa shape index (κ3) is 2.56. The van der Waals surface area contributed by atoms with Gasteiger partial charge in [0.15, 0.2) is 11.5 Å². The van der Waals surface area contributed by atoms with Crippen molar-refractivity contribution in [3.63, 3.8) is 0 Å². The van der Waals surface area contributed by atoms with E-state index in [0.29, 0.717) is 6.54 Å². The average Bonchev–Trinajstić information content (AvgIpc) is 2.82. The molecule has 1 heterocycles. The summed E-state index contributed by atoms with van der Waals surface area (Å²) < 4.78 is 0. The highest BCUT2D eigenvalue weighted by Gasteiger charge is 2.13. The number of hydrogen-bond acceptors (Lipinski definition) is 4. The standard InChI is InChI=1S/C13H17N3O2/c1-9(2)16(7-10-6-14-8-15-10)11-3-4-12(17)13(18)5-11/h3-6,8-9,17-18H,7H2,1-2H3,(H,14,15). The van der Waals surface area contributed by atoms with E-state index in [1.165, 1.54) is 6.07 Å². The van der Waals surface area contributed by atoms with Gasteiger partial charge in [0.05, 0.1) is 18.6 Å². The smallest absolute Gasteiger partial charge is 0.159 e. The Labute approximate surface area is 106 Å². The molecular weight excluding hydrogens is 230 g/mol. The highest BCUT2D eigenvalue weighted by molar-refractivity contribution is 5.55. The van der Waals surface area contributed by atoms with E-state index in [4.69, 9.17) is 0 Å². The number of nitrogens with zero attached hydrogens (tertiary/aromatic N) is 2. The van der Waals surface area contributed by atoms with Gasteiger partial charge >= 0.3 is 0 Å². The Hall–Kier alpha value is -2.17. The fraction of sp³-hybridized carbons (Fsp3) is 0.308. The van der Waals surface area contributed by atoms with Crippen molar-refractivity contribution in [2.24, 2.45) is 0 Å². The summed E-state index contributed by atoms with van der Waals surface area (Å²) in [5, 5.41) is 18.9. The van der Waals surface area contributed by atoms with Crippen molar-refractivity contribution >= 4 is 5.69 Å². The SMILES string of the molecule is CC(C)N(Cc1cnc[nH]1)c1ccc(O)c(O)c1. The first-order chi connectivity index (χ1) is 8.58. The summed E-state index contributed by atoms with van der Waals surface area (Å²) in [6, 6.07) is 5.10. The zero-order valence-electron chi connectivity index (χ0n) is 10.5. The Morgan fingerprint density at radius 3 is 2.61 bits per heavy atom. The predicted molar refractivity (Wildman–Crippen MR) is 69.7 cm³/mol. The molecule has 0 aliphatic rings. The molecule has 0 amide bonds. The molecule has 0 saturated heterocycles. The van der Waals surface area contributed by atoms with Crippen LogP contribution in [0.15, 0.2) is 30.7 Å². The van der Waals surface area contributed by atoms with Crippen molar-refractivity contribution in [1.29, 1.82) is 0 Å². The van der Waals surface area contributed by atoms with Crippen LogP contribution in [0.3, 0.4) is 0 Å². The summed E-state index contributed by atoms with van der Waals surface area (Å²) in [5.74, 6) is -0.216. The van der Waals surface area contributed by atoms with E-state index in [1.54, 1.807) is 24.7 Å². The first-order valence-corrected chi connectivity index (χ1v) is 5.84. The molecule has 1 aromatic carbocycles. The number of aromatic nitrogens is 2. The molecule has 2 aromatic rings. The summed E-state index contributed by atoms with van der Waals surface area (Å²) in [6.45, 7) is 4.81. The van der Waals surface area contributed by atoms with Crippen LogP contribution in [0.5, 0.6) is 11.5 Å². The van der Waals surface area contributed by atoms with E-state index in [0.717, 1.165) is 11.4 Å². The highest BCUT2D eigenvalue weighted by atomic mass is 16.3. The lowest BCUT2D eigenvalue weighted by Gasteiger charge is -2.28. The van der Waals surface area contributed by atoms with Crippen LogP contribution in [0.25, 0.3) is 0 Å². The Balaban J connectivity index is 2.26. The summed E-state index contributed by atoms with van der Waals surface area (Å²) in [5.41, 5.74) is 1.85. The van der Waals surface area contributed by atoms with Crippen LogP contribution in [0.1, 0.15) is 19.5 Å². The number of nitrogens with one attached hydrogen (secondary N) is 1. The van der Waals surface area contributed by atoms with Crippen molar-refractivity contribution in [3.8, 4) is 11.5 Å². The van der Waals surface area contributed by atoms with Crippen molar-refractivity contribution in [3.05, 3.63) is 36.4 Å². The van der Waals surface area contributed by atoms with Gasteiger partial charge in [0.2, 0.25) is 0 Å². The lowest BCUT2D eigenvalue weighted by atomic mass is 10.2. The van der Waals surface area contributed by atoms with Gasteiger partial charge in [-0.1, -0.05) is 0 Å². The van der Waals surface area contributed by atoms with Crippen LogP contribution in [-0.4, -0.2) is 26.2 Å². The van der Waals surface area contributed by atoms with Gasteiger partial charge in [-0.2, -0.15) is 0 Å². The summed E-state index contributed by atoms with van der Waals surface area (Å²) in [6.07, 6.45) is 3.41. The van der Waals surface area contributed by atoms with Crippen LogP contribution in [-0.2, 0) is 6.54 Å². The first-order valence-electron chi connectivity index (χ1n) is 5.84. The molecule has 1 aromatic heterocycles. The zero-order valence-corrected chi connectivity index (χ0v) is 10.5. The largest absolute Gasteiger partial charge is 0.504 e. The van der Waals surface area contributed by atoms with Gasteiger partial charge in [0.1, 0.15) is 0 Å². The van der Waals surface area contributed by atoms with E-state index >= 15 is 0 Å². The number of imidazole rings is 1. The fourth-order valence-electron chi connectivity index (χ4n) is 1.82. The number of aromatic hydroxyl groups is 2. The second-order valence-corrected chi connectivity index (χ2v) is 4.47. The molecule has 5 heteroatoms. The topological polar surface area (TPSA) is 72.4 Å². The maximum Gasteiger partial charge on any atom is 0.159 e. The number of aromatic amines is 1. The number of phenols is 2. The van der Waals surface area contributed by atoms with Crippen LogP contribution < -0.4 is 4.90 Å². The van der Waals surface area contributed by atoms with Crippen LogP contribution >= 0.6 is 0 Å². The minimum Gasteiger partial charge on any atom is -0.504 e. The van der Waals surface area contributed by atoms with Gasteiger partial charge in [0, 0.05) is 24.0 Å². The molecule has 3 N–H and O–H groups in total. The maximum absolute atomic E-state index is 9.56. The molecule has 18 heavy (non-hydrogen) atoms. The number of benzene rings is 1. The van der Waals surface area contributed by atoms with Crippen LogP contribution in [0.4, 0.5) is 5.69 Å². The number of hydrogen-bond donors (Lipinski definition) is 3. The van der Waals surface area contributed by atoms with Crippen molar-refractivity contribution in [2.75, 3.05) is 4.90 Å². The third-order valence-corrected chi connectivity index (χ3v) is 2.81. The number of H-pyrrole nitrogens is 1. The number of phenolic OH excluding ortho intramolecular Hbond substituents is 2. The van der Waals surface area contributed by atoms with E-state index < -0.39 is 0 Å². The molecule has 5 nitrogen and oxygen atoms in total. The second-order valence-electron chi connectivity index (χ2n) is 4.47. The normalized spacial score (nSPS) is 10.8. The second kappa shape index (κ2) is 5.00. The summed E-state index contributed by atoms with van der Waals surface area (Å²) >= 11 is 0. The van der Waals surface area contributed by atoms with E-state index in [-0.39, 0.29) is 17.5 Å². The van der Waals surface area contributed by atoms with Crippen molar-refractivity contribution < 1.29 is 10.2 Å². The molecule has 0 atom stereocenters. The minimum absolute atomic E-state index is 0.107. The molecular formula is C13H17N3O2. The van der Waals surface area contributed by atoms with Gasteiger partial charge in [-0.05, 0) is 26.0 Å². The Morgan fingerprint density at radius 2 is 2.06 bits per heavy atom. The lowest BCUT2D eigenvalue weighted by molar-refractivity contribution is 0.403. The quantitative estimate of drug-likeness (QED) is 0.724. The monoisotopic (exact) mass is 247 g/mol. The Kier molecular flexibility index (Phi) is 3.41. The van der Waals surface area contributed by atoms with Gasteiger partial charge in [0.25, 0.3) is 0 Å². The average molecular weight is 247 g/mol.